The molecule has 0 saturated carbocycles. The normalized spacial score (nSPS) is 21.5. The van der Waals surface area contributed by atoms with E-state index in [1.807, 2.05) is 0 Å². The molecule has 0 aliphatic carbocycles. The highest BCUT2D eigenvalue weighted by molar-refractivity contribution is 9.10. The molecule has 2 aliphatic heterocycles. The van der Waals surface area contributed by atoms with Gasteiger partial charge in [-0.1, -0.05) is 15.9 Å². The zero-order valence-electron chi connectivity index (χ0n) is 11.5. The van der Waals surface area contributed by atoms with E-state index in [-0.39, 0.29) is 35.0 Å². The molecule has 3 rings (SSSR count). The van der Waals surface area contributed by atoms with Crippen LogP contribution in [0.3, 0.4) is 0 Å². The van der Waals surface area contributed by atoms with Gasteiger partial charge in [-0.15, -0.1) is 0 Å². The number of hydrogen-bond acceptors (Lipinski definition) is 3. The van der Waals surface area contributed by atoms with E-state index in [4.69, 9.17) is 0 Å². The van der Waals surface area contributed by atoms with E-state index in [9.17, 15) is 27.6 Å². The number of amides is 3. The summed E-state index contributed by atoms with van der Waals surface area (Å²) >= 11 is 2.87. The van der Waals surface area contributed by atoms with Crippen LogP contribution in [0, 0.1) is 0 Å². The lowest BCUT2D eigenvalue weighted by molar-refractivity contribution is -0.138. The minimum atomic E-state index is -4.62. The van der Waals surface area contributed by atoms with Crippen LogP contribution >= 0.6 is 15.9 Å². The van der Waals surface area contributed by atoms with Gasteiger partial charge >= 0.3 is 6.18 Å². The number of hydrogen-bond donors (Lipinski definition) is 1. The maximum Gasteiger partial charge on any atom is 0.417 e. The van der Waals surface area contributed by atoms with Gasteiger partial charge in [-0.05, 0) is 24.1 Å². The van der Waals surface area contributed by atoms with Crippen LogP contribution in [-0.4, -0.2) is 28.7 Å². The lowest BCUT2D eigenvalue weighted by atomic mass is 10.0. The molecule has 23 heavy (non-hydrogen) atoms. The molecule has 0 spiro atoms. The first-order valence-electron chi connectivity index (χ1n) is 6.73. The van der Waals surface area contributed by atoms with Crippen LogP contribution in [0.2, 0.25) is 0 Å². The van der Waals surface area contributed by atoms with Gasteiger partial charge in [0.1, 0.15) is 6.04 Å². The Balaban J connectivity index is 1.99. The number of piperidine rings is 1. The van der Waals surface area contributed by atoms with Crippen molar-refractivity contribution in [3.8, 4) is 0 Å². The van der Waals surface area contributed by atoms with E-state index in [2.05, 4.69) is 21.2 Å². The van der Waals surface area contributed by atoms with E-state index >= 15 is 0 Å². The number of imide groups is 1. The quantitative estimate of drug-likeness (QED) is 0.747. The summed E-state index contributed by atoms with van der Waals surface area (Å²) in [7, 11) is 0. The minimum Gasteiger partial charge on any atom is -0.322 e. The molecule has 1 aromatic carbocycles. The van der Waals surface area contributed by atoms with Gasteiger partial charge in [-0.3, -0.25) is 19.7 Å². The summed E-state index contributed by atoms with van der Waals surface area (Å²) in [5.74, 6) is -1.74. The number of rotatable bonds is 1. The molecule has 2 heterocycles. The Morgan fingerprint density at radius 1 is 1.22 bits per heavy atom. The van der Waals surface area contributed by atoms with Crippen LogP contribution in [0.1, 0.15) is 34.3 Å². The van der Waals surface area contributed by atoms with Gasteiger partial charge in [0.25, 0.3) is 5.91 Å². The molecule has 1 unspecified atom stereocenters. The summed E-state index contributed by atoms with van der Waals surface area (Å²) in [5, 5.41) is 2.11. The molecule has 3 amide bonds. The smallest absolute Gasteiger partial charge is 0.322 e. The maximum atomic E-state index is 13.2. The Bertz CT molecular complexity index is 733. The van der Waals surface area contributed by atoms with Gasteiger partial charge in [0, 0.05) is 23.0 Å². The SMILES string of the molecule is O=C1CCC(N2Cc3c(ccc(Br)c3C(F)(F)F)C2=O)C(=O)N1. The summed E-state index contributed by atoms with van der Waals surface area (Å²) in [6, 6.07) is 1.55. The van der Waals surface area contributed by atoms with Crippen molar-refractivity contribution < 1.29 is 27.6 Å². The zero-order valence-corrected chi connectivity index (χ0v) is 13.1. The molecule has 9 heteroatoms. The minimum absolute atomic E-state index is 0.0480. The number of carbonyl (C=O) groups is 3. The summed E-state index contributed by atoms with van der Waals surface area (Å²) in [6.45, 7) is -0.311. The average molecular weight is 391 g/mol. The third kappa shape index (κ3) is 2.62. The maximum absolute atomic E-state index is 13.2. The van der Waals surface area contributed by atoms with Crippen molar-refractivity contribution in [1.82, 2.24) is 10.2 Å². The number of benzene rings is 1. The summed E-state index contributed by atoms with van der Waals surface area (Å²) in [5.41, 5.74) is -1.12. The number of carbonyl (C=O) groups excluding carboxylic acids is 3. The molecule has 0 aromatic heterocycles. The van der Waals surface area contributed by atoms with E-state index in [0.717, 1.165) is 4.90 Å². The zero-order chi connectivity index (χ0) is 16.9. The molecule has 122 valence electrons. The first-order chi connectivity index (χ1) is 10.7. The molecular formula is C14H10BrF3N2O3. The summed E-state index contributed by atoms with van der Waals surface area (Å²) in [6.07, 6.45) is -4.47. The first-order valence-corrected chi connectivity index (χ1v) is 7.52. The number of fused-ring (bicyclic) bond motifs is 1. The fraction of sp³-hybridized carbons (Fsp3) is 0.357. The van der Waals surface area contributed by atoms with Gasteiger partial charge in [0.05, 0.1) is 5.56 Å². The van der Waals surface area contributed by atoms with Crippen molar-refractivity contribution in [2.24, 2.45) is 0 Å². The largest absolute Gasteiger partial charge is 0.417 e. The first kappa shape index (κ1) is 16.0. The number of nitrogens with one attached hydrogen (secondary N) is 1. The molecule has 0 radical (unpaired) electrons. The Morgan fingerprint density at radius 3 is 2.52 bits per heavy atom. The van der Waals surface area contributed by atoms with Crippen LogP contribution in [-0.2, 0) is 22.3 Å². The van der Waals surface area contributed by atoms with Gasteiger partial charge in [-0.25, -0.2) is 0 Å². The Kier molecular flexibility index (Phi) is 3.70. The van der Waals surface area contributed by atoms with E-state index in [1.54, 1.807) is 0 Å². The lowest BCUT2D eigenvalue weighted by Crippen LogP contribution is -2.52. The highest BCUT2D eigenvalue weighted by Gasteiger charge is 2.44. The van der Waals surface area contributed by atoms with Crippen molar-refractivity contribution in [3.63, 3.8) is 0 Å². The molecule has 2 aliphatic rings. The number of nitrogens with zero attached hydrogens (tertiary/aromatic N) is 1. The van der Waals surface area contributed by atoms with E-state index < -0.39 is 35.5 Å². The van der Waals surface area contributed by atoms with Gasteiger partial charge < -0.3 is 4.90 Å². The molecule has 1 saturated heterocycles. The summed E-state index contributed by atoms with van der Waals surface area (Å²) < 4.78 is 39.6. The monoisotopic (exact) mass is 390 g/mol. The third-order valence-corrected chi connectivity index (χ3v) is 4.61. The third-order valence-electron chi connectivity index (χ3n) is 3.95. The number of alkyl halides is 3. The molecule has 1 fully saturated rings. The highest BCUT2D eigenvalue weighted by atomic mass is 79.9. The molecule has 1 atom stereocenters. The second kappa shape index (κ2) is 5.33. The standard InChI is InChI=1S/C14H10BrF3N2O3/c15-8-2-1-6-7(11(8)14(16,17)18)5-20(13(6)23)9-3-4-10(21)19-12(9)22/h1-2,9H,3-5H2,(H,19,21,22). The van der Waals surface area contributed by atoms with E-state index in [0.29, 0.717) is 0 Å². The lowest BCUT2D eigenvalue weighted by Gasteiger charge is -2.29. The van der Waals surface area contributed by atoms with Crippen LogP contribution in [0.5, 0.6) is 0 Å². The molecule has 1 N–H and O–H groups in total. The average Bonchev–Trinajstić information content (AvgIpc) is 2.74. The van der Waals surface area contributed by atoms with Crippen LogP contribution in [0.15, 0.2) is 16.6 Å². The molecule has 0 bridgehead atoms. The van der Waals surface area contributed by atoms with Gasteiger partial charge in [-0.2, -0.15) is 13.2 Å². The van der Waals surface area contributed by atoms with Crippen molar-refractivity contribution in [1.29, 1.82) is 0 Å². The van der Waals surface area contributed by atoms with Crippen molar-refractivity contribution in [3.05, 3.63) is 33.3 Å². The Hall–Kier alpha value is -1.90. The fourth-order valence-corrected chi connectivity index (χ4v) is 3.51. The molecule has 5 nitrogen and oxygen atoms in total. The fourth-order valence-electron chi connectivity index (χ4n) is 2.92. The van der Waals surface area contributed by atoms with Crippen LogP contribution < -0.4 is 5.32 Å². The summed E-state index contributed by atoms with van der Waals surface area (Å²) in [4.78, 5) is 36.5. The van der Waals surface area contributed by atoms with Crippen LogP contribution in [0.25, 0.3) is 0 Å². The van der Waals surface area contributed by atoms with Crippen molar-refractivity contribution in [2.45, 2.75) is 31.6 Å². The Morgan fingerprint density at radius 2 is 1.91 bits per heavy atom. The van der Waals surface area contributed by atoms with Crippen LogP contribution in [0.4, 0.5) is 13.2 Å². The Labute approximate surface area is 136 Å². The van der Waals surface area contributed by atoms with Crippen molar-refractivity contribution >= 4 is 33.7 Å². The van der Waals surface area contributed by atoms with Gasteiger partial charge in [0.2, 0.25) is 11.8 Å². The van der Waals surface area contributed by atoms with Crippen molar-refractivity contribution in [2.75, 3.05) is 0 Å². The van der Waals surface area contributed by atoms with Gasteiger partial charge in [0.15, 0.2) is 0 Å². The predicted octanol–water partition coefficient (Wildman–Crippen LogP) is 2.23. The number of halogens is 4. The predicted molar refractivity (Wildman–Crippen MR) is 75.2 cm³/mol. The van der Waals surface area contributed by atoms with E-state index in [1.165, 1.54) is 12.1 Å². The second-order valence-corrected chi connectivity index (χ2v) is 6.20. The second-order valence-electron chi connectivity index (χ2n) is 5.35. The highest BCUT2D eigenvalue weighted by Crippen LogP contribution is 2.42. The molecular weight excluding hydrogens is 381 g/mol. The topological polar surface area (TPSA) is 66.5 Å². The molecule has 1 aromatic rings.